The van der Waals surface area contributed by atoms with Gasteiger partial charge < -0.3 is 25.3 Å². The van der Waals surface area contributed by atoms with E-state index in [1.54, 1.807) is 9.80 Å². The Morgan fingerprint density at radius 2 is 1.50 bits per heavy atom. The summed E-state index contributed by atoms with van der Waals surface area (Å²) < 4.78 is 0. The average molecular weight is 512 g/mol. The van der Waals surface area contributed by atoms with Gasteiger partial charge in [0.25, 0.3) is 5.91 Å². The highest BCUT2D eigenvalue weighted by Gasteiger charge is 2.54. The summed E-state index contributed by atoms with van der Waals surface area (Å²) in [6.07, 6.45) is 0.980. The van der Waals surface area contributed by atoms with E-state index in [0.29, 0.717) is 39.1 Å². The van der Waals surface area contributed by atoms with Crippen molar-refractivity contribution in [3.63, 3.8) is 0 Å². The number of nitrogens with one attached hydrogen (secondary N) is 2. The molecule has 196 valence electrons. The van der Waals surface area contributed by atoms with Gasteiger partial charge in [-0.25, -0.2) is 4.79 Å². The molecule has 2 N–H and O–H groups in total. The van der Waals surface area contributed by atoms with Gasteiger partial charge in [0.2, 0.25) is 5.91 Å². The molecule has 2 aliphatic rings. The molecule has 8 heteroatoms. The van der Waals surface area contributed by atoms with E-state index in [2.05, 4.69) is 15.5 Å². The van der Waals surface area contributed by atoms with Crippen molar-refractivity contribution in [2.45, 2.75) is 31.8 Å². The number of nitrogens with zero attached hydrogens (tertiary/aromatic N) is 3. The molecule has 0 aliphatic carbocycles. The molecule has 0 saturated carbocycles. The second-order valence-electron chi connectivity index (χ2n) is 9.93. The first-order valence-electron chi connectivity index (χ1n) is 13.0. The Morgan fingerprint density at radius 1 is 0.868 bits per heavy atom. The Bertz CT molecular complexity index is 1290. The summed E-state index contributed by atoms with van der Waals surface area (Å²) in [4.78, 5) is 45.2. The first-order chi connectivity index (χ1) is 18.5. The highest BCUT2D eigenvalue weighted by atomic mass is 16.2. The van der Waals surface area contributed by atoms with Gasteiger partial charge in [0, 0.05) is 31.0 Å². The molecule has 2 aliphatic heterocycles. The third-order valence-corrected chi connectivity index (χ3v) is 7.51. The number of hydrogen-bond donors (Lipinski definition) is 2. The molecular formula is C30H33N5O3. The molecule has 8 nitrogen and oxygen atoms in total. The number of aryl methyl sites for hydroxylation is 1. The molecule has 2 heterocycles. The predicted molar refractivity (Wildman–Crippen MR) is 148 cm³/mol. The third kappa shape index (κ3) is 5.20. The highest BCUT2D eigenvalue weighted by Crippen LogP contribution is 2.39. The maximum Gasteiger partial charge on any atom is 0.321 e. The topological polar surface area (TPSA) is 85.0 Å². The Labute approximate surface area is 223 Å². The lowest BCUT2D eigenvalue weighted by molar-refractivity contribution is -0.137. The number of likely N-dealkylation sites (tertiary alicyclic amines) is 1. The zero-order chi connectivity index (χ0) is 26.5. The molecular weight excluding hydrogens is 478 g/mol. The largest absolute Gasteiger partial charge is 0.350 e. The summed E-state index contributed by atoms with van der Waals surface area (Å²) in [7, 11) is 0. The summed E-state index contributed by atoms with van der Waals surface area (Å²) >= 11 is 0. The molecule has 0 bridgehead atoms. The van der Waals surface area contributed by atoms with Crippen LogP contribution in [-0.2, 0) is 16.1 Å². The van der Waals surface area contributed by atoms with Crippen molar-refractivity contribution in [3.8, 4) is 0 Å². The van der Waals surface area contributed by atoms with E-state index in [1.165, 1.54) is 0 Å². The van der Waals surface area contributed by atoms with Crippen LogP contribution < -0.4 is 15.5 Å². The van der Waals surface area contributed by atoms with Crippen molar-refractivity contribution in [3.05, 3.63) is 96.1 Å². The Hall–Kier alpha value is -4.33. The number of para-hydroxylation sites is 2. The zero-order valence-electron chi connectivity index (χ0n) is 21.6. The maximum atomic E-state index is 13.9. The van der Waals surface area contributed by atoms with Crippen LogP contribution in [0, 0.1) is 6.92 Å². The first kappa shape index (κ1) is 25.3. The summed E-state index contributed by atoms with van der Waals surface area (Å²) in [5.41, 5.74) is 2.93. The molecule has 1 spiro atoms. The van der Waals surface area contributed by atoms with E-state index in [1.807, 2.05) is 91.9 Å². The van der Waals surface area contributed by atoms with E-state index in [0.717, 1.165) is 22.5 Å². The highest BCUT2D eigenvalue weighted by molar-refractivity contribution is 5.97. The van der Waals surface area contributed by atoms with E-state index in [9.17, 15) is 14.4 Å². The van der Waals surface area contributed by atoms with Crippen LogP contribution in [0.2, 0.25) is 0 Å². The van der Waals surface area contributed by atoms with E-state index in [-0.39, 0.29) is 24.4 Å². The SMILES string of the molecule is Cc1ccccc1NC(=O)N1CCC2(CC1)C(=O)N(CC(=O)NCc1ccccc1)CN2c1ccccc1. The van der Waals surface area contributed by atoms with Gasteiger partial charge >= 0.3 is 6.03 Å². The lowest BCUT2D eigenvalue weighted by atomic mass is 9.85. The van der Waals surface area contributed by atoms with Crippen LogP contribution in [0.15, 0.2) is 84.9 Å². The van der Waals surface area contributed by atoms with Crippen molar-refractivity contribution in [2.75, 3.05) is 36.5 Å². The predicted octanol–water partition coefficient (Wildman–Crippen LogP) is 3.98. The Morgan fingerprint density at radius 3 is 2.18 bits per heavy atom. The Kier molecular flexibility index (Phi) is 7.31. The standard InChI is InChI=1S/C30H33N5O3/c1-23-10-8-9-15-26(23)32-29(38)33-18-16-30(17-19-33)28(37)34(22-35(30)25-13-6-3-7-14-25)21-27(36)31-20-24-11-4-2-5-12-24/h2-15H,16-22H2,1H3,(H,31,36)(H,32,38). The number of urea groups is 1. The number of hydrogen-bond acceptors (Lipinski definition) is 4. The van der Waals surface area contributed by atoms with Crippen LogP contribution in [0.5, 0.6) is 0 Å². The quantitative estimate of drug-likeness (QED) is 0.524. The lowest BCUT2D eigenvalue weighted by Crippen LogP contribution is -2.58. The molecule has 2 saturated heterocycles. The minimum Gasteiger partial charge on any atom is -0.350 e. The second kappa shape index (κ2) is 11.0. The molecule has 2 fully saturated rings. The number of carbonyl (C=O) groups is 3. The molecule has 4 amide bonds. The molecule has 0 radical (unpaired) electrons. The smallest absolute Gasteiger partial charge is 0.321 e. The fraction of sp³-hybridized carbons (Fsp3) is 0.300. The van der Waals surface area contributed by atoms with Gasteiger partial charge in [-0.05, 0) is 49.1 Å². The maximum absolute atomic E-state index is 13.9. The van der Waals surface area contributed by atoms with E-state index in [4.69, 9.17) is 0 Å². The zero-order valence-corrected chi connectivity index (χ0v) is 21.6. The lowest BCUT2D eigenvalue weighted by Gasteiger charge is -2.43. The van der Waals surface area contributed by atoms with Gasteiger partial charge in [-0.3, -0.25) is 9.59 Å². The number of carbonyl (C=O) groups excluding carboxylic acids is 3. The van der Waals surface area contributed by atoms with E-state index < -0.39 is 5.54 Å². The number of anilines is 2. The molecule has 5 rings (SSSR count). The van der Waals surface area contributed by atoms with Crippen LogP contribution in [0.1, 0.15) is 24.0 Å². The molecule has 0 atom stereocenters. The Balaban J connectivity index is 1.28. The van der Waals surface area contributed by atoms with Gasteiger partial charge in [0.15, 0.2) is 0 Å². The molecule has 3 aromatic carbocycles. The van der Waals surface area contributed by atoms with E-state index >= 15 is 0 Å². The van der Waals surface area contributed by atoms with Gasteiger partial charge in [-0.2, -0.15) is 0 Å². The van der Waals surface area contributed by atoms with Crippen molar-refractivity contribution in [1.82, 2.24) is 15.1 Å². The minimum atomic E-state index is -0.791. The third-order valence-electron chi connectivity index (χ3n) is 7.51. The summed E-state index contributed by atoms with van der Waals surface area (Å²) in [6.45, 7) is 3.59. The van der Waals surface area contributed by atoms with Gasteiger partial charge in [-0.1, -0.05) is 66.7 Å². The number of rotatable bonds is 6. The number of benzene rings is 3. The van der Waals surface area contributed by atoms with Gasteiger partial charge in [-0.15, -0.1) is 0 Å². The molecule has 0 unspecified atom stereocenters. The summed E-state index contributed by atoms with van der Waals surface area (Å²) in [5, 5.41) is 5.93. The second-order valence-corrected chi connectivity index (χ2v) is 9.93. The van der Waals surface area contributed by atoms with Crippen molar-refractivity contribution < 1.29 is 14.4 Å². The summed E-state index contributed by atoms with van der Waals surface area (Å²) in [5.74, 6) is -0.252. The summed E-state index contributed by atoms with van der Waals surface area (Å²) in [6, 6.07) is 27.1. The fourth-order valence-electron chi connectivity index (χ4n) is 5.34. The van der Waals surface area contributed by atoms with Crippen LogP contribution in [-0.4, -0.2) is 59.5 Å². The normalized spacial score (nSPS) is 16.6. The minimum absolute atomic E-state index is 0.00572. The molecule has 38 heavy (non-hydrogen) atoms. The monoisotopic (exact) mass is 511 g/mol. The van der Waals surface area contributed by atoms with Crippen LogP contribution in [0.25, 0.3) is 0 Å². The fourth-order valence-corrected chi connectivity index (χ4v) is 5.34. The van der Waals surface area contributed by atoms with Crippen molar-refractivity contribution in [1.29, 1.82) is 0 Å². The van der Waals surface area contributed by atoms with Crippen LogP contribution >= 0.6 is 0 Å². The van der Waals surface area contributed by atoms with Crippen molar-refractivity contribution in [2.24, 2.45) is 0 Å². The first-order valence-corrected chi connectivity index (χ1v) is 13.0. The van der Waals surface area contributed by atoms with Crippen LogP contribution in [0.3, 0.4) is 0 Å². The van der Waals surface area contributed by atoms with Gasteiger partial charge in [0.1, 0.15) is 12.1 Å². The average Bonchev–Trinajstić information content (AvgIpc) is 3.20. The van der Waals surface area contributed by atoms with Crippen molar-refractivity contribution >= 4 is 29.2 Å². The molecule has 0 aromatic heterocycles. The number of piperidine rings is 1. The number of amides is 4. The van der Waals surface area contributed by atoms with Gasteiger partial charge in [0.05, 0.1) is 6.67 Å². The van der Waals surface area contributed by atoms with Crippen LogP contribution in [0.4, 0.5) is 16.2 Å². The molecule has 3 aromatic rings.